The molecule has 0 aliphatic heterocycles. The Hall–Kier alpha value is -7.89. The van der Waals surface area contributed by atoms with Gasteiger partial charge in [-0.2, -0.15) is 0 Å². The van der Waals surface area contributed by atoms with Gasteiger partial charge in [0.25, 0.3) is 0 Å². The zero-order valence-corrected chi connectivity index (χ0v) is 31.4. The normalized spacial score (nSPS) is 11.4. The van der Waals surface area contributed by atoms with Crippen LogP contribution in [-0.2, 0) is 0 Å². The van der Waals surface area contributed by atoms with E-state index in [1.165, 1.54) is 16.3 Å². The maximum atomic E-state index is 5.30. The Balaban J connectivity index is 1.12. The lowest BCUT2D eigenvalue weighted by atomic mass is 10.0. The van der Waals surface area contributed by atoms with Gasteiger partial charge in [0.1, 0.15) is 5.82 Å². The Labute approximate surface area is 335 Å². The fraction of sp³-hybridized carbons (Fsp3) is 0. The summed E-state index contributed by atoms with van der Waals surface area (Å²) in [5.41, 5.74) is 14.4. The molecule has 0 unspecified atom stereocenters. The topological polar surface area (TPSA) is 48.5 Å². The molecule has 0 radical (unpaired) electrons. The van der Waals surface area contributed by atoms with Crippen LogP contribution in [0.1, 0.15) is 0 Å². The maximum absolute atomic E-state index is 5.30. The van der Waals surface area contributed by atoms with E-state index in [1.807, 2.05) is 36.4 Å². The van der Waals surface area contributed by atoms with E-state index in [9.17, 15) is 0 Å². The molecule has 5 heteroatoms. The van der Waals surface area contributed by atoms with Gasteiger partial charge in [-0.15, -0.1) is 0 Å². The molecule has 0 aliphatic rings. The molecule has 3 heterocycles. The van der Waals surface area contributed by atoms with Crippen molar-refractivity contribution in [1.29, 1.82) is 0 Å². The number of aromatic nitrogens is 5. The Morgan fingerprint density at radius 3 is 1.67 bits per heavy atom. The highest BCUT2D eigenvalue weighted by molar-refractivity contribution is 6.10. The summed E-state index contributed by atoms with van der Waals surface area (Å²) in [6.07, 6.45) is 0. The average molecular weight is 742 g/mol. The van der Waals surface area contributed by atoms with E-state index in [1.54, 1.807) is 0 Å². The number of nitrogens with zero attached hydrogens (tertiary/aromatic N) is 5. The molecule has 0 spiro atoms. The van der Waals surface area contributed by atoms with Gasteiger partial charge >= 0.3 is 0 Å². The van der Waals surface area contributed by atoms with Crippen molar-refractivity contribution in [3.8, 4) is 67.8 Å². The van der Waals surface area contributed by atoms with E-state index in [4.69, 9.17) is 15.0 Å². The van der Waals surface area contributed by atoms with Gasteiger partial charge in [0.2, 0.25) is 0 Å². The maximum Gasteiger partial charge on any atom is 0.160 e. The summed E-state index contributed by atoms with van der Waals surface area (Å²) in [7, 11) is 0. The highest BCUT2D eigenvalue weighted by atomic mass is 15.1. The predicted molar refractivity (Wildman–Crippen MR) is 238 cm³/mol. The predicted octanol–water partition coefficient (Wildman–Crippen LogP) is 13.2. The SMILES string of the molecule is c1ccc(-c2ccc(-c3cc(-c4ccccc4-n4c5ccccc5c5ccc(-n6c(-c7ccccc7)nc7ccccc76)cc54)nc(-c4ccccc4)n3)cc2)cc1. The molecule has 8 aromatic carbocycles. The molecule has 5 nitrogen and oxygen atoms in total. The van der Waals surface area contributed by atoms with Crippen LogP contribution in [0.2, 0.25) is 0 Å². The number of imidazole rings is 1. The summed E-state index contributed by atoms with van der Waals surface area (Å²) in [4.78, 5) is 15.6. The zero-order valence-electron chi connectivity index (χ0n) is 31.4. The summed E-state index contributed by atoms with van der Waals surface area (Å²) in [6.45, 7) is 0. The summed E-state index contributed by atoms with van der Waals surface area (Å²) < 4.78 is 4.67. The second-order valence-corrected chi connectivity index (χ2v) is 14.5. The Morgan fingerprint density at radius 2 is 0.897 bits per heavy atom. The Morgan fingerprint density at radius 1 is 0.328 bits per heavy atom. The van der Waals surface area contributed by atoms with E-state index in [0.29, 0.717) is 5.82 Å². The Kier molecular flexibility index (Phi) is 8.07. The van der Waals surface area contributed by atoms with Gasteiger partial charge in [0.15, 0.2) is 5.82 Å². The third kappa shape index (κ3) is 5.76. The van der Waals surface area contributed by atoms with E-state index in [0.717, 1.165) is 78.5 Å². The van der Waals surface area contributed by atoms with Crippen molar-refractivity contribution in [2.75, 3.05) is 0 Å². The van der Waals surface area contributed by atoms with Crippen molar-refractivity contribution in [3.63, 3.8) is 0 Å². The molecule has 11 rings (SSSR count). The van der Waals surface area contributed by atoms with Gasteiger partial charge in [-0.1, -0.05) is 170 Å². The highest BCUT2D eigenvalue weighted by Crippen LogP contribution is 2.39. The van der Waals surface area contributed by atoms with Crippen molar-refractivity contribution in [2.24, 2.45) is 0 Å². The smallest absolute Gasteiger partial charge is 0.160 e. The number of rotatable bonds is 7. The largest absolute Gasteiger partial charge is 0.308 e. The van der Waals surface area contributed by atoms with Gasteiger partial charge in [-0.25, -0.2) is 15.0 Å². The van der Waals surface area contributed by atoms with E-state index in [2.05, 4.69) is 185 Å². The first-order valence-corrected chi connectivity index (χ1v) is 19.5. The summed E-state index contributed by atoms with van der Waals surface area (Å²) in [5, 5.41) is 2.36. The molecule has 0 atom stereocenters. The first-order chi connectivity index (χ1) is 28.8. The second-order valence-electron chi connectivity index (χ2n) is 14.5. The van der Waals surface area contributed by atoms with Gasteiger partial charge in [0, 0.05) is 38.7 Å². The van der Waals surface area contributed by atoms with Crippen molar-refractivity contribution in [3.05, 3.63) is 212 Å². The molecule has 0 amide bonds. The van der Waals surface area contributed by atoms with Crippen LogP contribution < -0.4 is 0 Å². The van der Waals surface area contributed by atoms with E-state index < -0.39 is 0 Å². The van der Waals surface area contributed by atoms with Crippen molar-refractivity contribution in [1.82, 2.24) is 24.1 Å². The lowest BCUT2D eigenvalue weighted by Gasteiger charge is -2.16. The van der Waals surface area contributed by atoms with Gasteiger partial charge in [0.05, 0.1) is 39.1 Å². The van der Waals surface area contributed by atoms with Gasteiger partial charge in [-0.05, 0) is 53.6 Å². The fourth-order valence-electron chi connectivity index (χ4n) is 8.22. The third-order valence-electron chi connectivity index (χ3n) is 11.0. The molecule has 0 saturated carbocycles. The van der Waals surface area contributed by atoms with Crippen molar-refractivity contribution >= 4 is 32.8 Å². The molecule has 3 aromatic heterocycles. The minimum atomic E-state index is 0.681. The number of fused-ring (bicyclic) bond motifs is 4. The van der Waals surface area contributed by atoms with Crippen LogP contribution in [0.25, 0.3) is 101 Å². The molecule has 272 valence electrons. The molecule has 0 N–H and O–H groups in total. The van der Waals surface area contributed by atoms with Crippen LogP contribution >= 0.6 is 0 Å². The highest BCUT2D eigenvalue weighted by Gasteiger charge is 2.20. The first-order valence-electron chi connectivity index (χ1n) is 19.5. The molecule has 0 saturated heterocycles. The van der Waals surface area contributed by atoms with Crippen molar-refractivity contribution in [2.45, 2.75) is 0 Å². The second kappa shape index (κ2) is 14.0. The Bertz CT molecular complexity index is 3260. The third-order valence-corrected chi connectivity index (χ3v) is 11.0. The lowest BCUT2D eigenvalue weighted by Crippen LogP contribution is -2.02. The minimum absolute atomic E-state index is 0.681. The number of para-hydroxylation sites is 4. The minimum Gasteiger partial charge on any atom is -0.308 e. The quantitative estimate of drug-likeness (QED) is 0.163. The molecule has 0 aliphatic carbocycles. The molecule has 58 heavy (non-hydrogen) atoms. The number of hydrogen-bond acceptors (Lipinski definition) is 3. The van der Waals surface area contributed by atoms with Gasteiger partial charge < -0.3 is 4.57 Å². The summed E-state index contributed by atoms with van der Waals surface area (Å²) >= 11 is 0. The fourth-order valence-corrected chi connectivity index (χ4v) is 8.22. The van der Waals surface area contributed by atoms with Crippen LogP contribution in [0.5, 0.6) is 0 Å². The molecular weight excluding hydrogens is 707 g/mol. The van der Waals surface area contributed by atoms with E-state index >= 15 is 0 Å². The van der Waals surface area contributed by atoms with E-state index in [-0.39, 0.29) is 0 Å². The van der Waals surface area contributed by atoms with Crippen LogP contribution in [0.15, 0.2) is 212 Å². The van der Waals surface area contributed by atoms with Crippen LogP contribution in [0.4, 0.5) is 0 Å². The molecule has 11 aromatic rings. The average Bonchev–Trinajstić information content (AvgIpc) is 3.86. The van der Waals surface area contributed by atoms with Crippen LogP contribution in [-0.4, -0.2) is 24.1 Å². The zero-order chi connectivity index (χ0) is 38.4. The monoisotopic (exact) mass is 741 g/mol. The first kappa shape index (κ1) is 33.4. The van der Waals surface area contributed by atoms with Gasteiger partial charge in [-0.3, -0.25) is 4.57 Å². The summed E-state index contributed by atoms with van der Waals surface area (Å²) in [6, 6.07) is 74.3. The molecule has 0 fully saturated rings. The standard InChI is InChI=1S/C53H35N5/c1-4-16-36(17-5-1)37-28-30-38(31-29-37)46-35-47(55-52(54-46)39-18-6-2-7-19-39)44-23-11-14-26-49(44)58-48-25-13-10-22-42(48)43-33-32-41(34-51(43)58)57-50-27-15-12-24-45(50)56-53(57)40-20-8-3-9-21-40/h1-35H. The molecular formula is C53H35N5. The van der Waals surface area contributed by atoms with Crippen molar-refractivity contribution < 1.29 is 0 Å². The lowest BCUT2D eigenvalue weighted by molar-refractivity contribution is 1.10. The summed E-state index contributed by atoms with van der Waals surface area (Å²) in [5.74, 6) is 1.59. The number of benzene rings is 8. The van der Waals surface area contributed by atoms with Crippen LogP contribution in [0, 0.1) is 0 Å². The van der Waals surface area contributed by atoms with Crippen LogP contribution in [0.3, 0.4) is 0 Å². The number of hydrogen-bond donors (Lipinski definition) is 0. The molecule has 0 bridgehead atoms.